The van der Waals surface area contributed by atoms with Crippen molar-refractivity contribution in [3.63, 3.8) is 0 Å². The van der Waals surface area contributed by atoms with Gasteiger partial charge < -0.3 is 119 Å². The first-order valence-electron chi connectivity index (χ1n) is 18.3. The lowest BCUT2D eigenvalue weighted by Gasteiger charge is -2.51. The number of ether oxygens (including phenoxy) is 9. The molecule has 1 amide bonds. The number of aliphatic hydroxyl groups is 14. The van der Waals surface area contributed by atoms with Crippen LogP contribution in [0.5, 0.6) is 0 Å². The van der Waals surface area contributed by atoms with Crippen LogP contribution in [0.1, 0.15) is 20.8 Å². The third-order valence-electron chi connectivity index (χ3n) is 10.6. The fraction of sp³-hybridized carbons (Fsp3) is 0.969. The van der Waals surface area contributed by atoms with E-state index in [2.05, 4.69) is 5.32 Å². The van der Waals surface area contributed by atoms with E-state index in [9.17, 15) is 76.3 Å². The van der Waals surface area contributed by atoms with E-state index < -0.39 is 179 Å². The van der Waals surface area contributed by atoms with Gasteiger partial charge in [0, 0.05) is 6.92 Å². The maximum Gasteiger partial charge on any atom is 0.217 e. The molecule has 0 aromatic carbocycles. The van der Waals surface area contributed by atoms with Gasteiger partial charge in [0.05, 0.1) is 32.0 Å². The van der Waals surface area contributed by atoms with Crippen LogP contribution in [0.2, 0.25) is 0 Å². The van der Waals surface area contributed by atoms with Crippen molar-refractivity contribution < 1.29 is 119 Å². The average Bonchev–Trinajstić information content (AvgIpc) is 3.17. The molecule has 25 atom stereocenters. The molecule has 5 rings (SSSR count). The molecule has 332 valence electrons. The third-order valence-corrected chi connectivity index (χ3v) is 10.6. The molecule has 57 heavy (non-hydrogen) atoms. The van der Waals surface area contributed by atoms with Gasteiger partial charge in [0.2, 0.25) is 5.91 Å². The van der Waals surface area contributed by atoms with Crippen molar-refractivity contribution in [2.75, 3.05) is 19.8 Å². The smallest absolute Gasteiger partial charge is 0.217 e. The van der Waals surface area contributed by atoms with Crippen LogP contribution in [0, 0.1) is 0 Å². The molecule has 5 heterocycles. The van der Waals surface area contributed by atoms with Gasteiger partial charge in [-0.15, -0.1) is 0 Å². The van der Waals surface area contributed by atoms with Gasteiger partial charge in [0.25, 0.3) is 0 Å². The van der Waals surface area contributed by atoms with Crippen molar-refractivity contribution in [3.05, 3.63) is 0 Å². The highest BCUT2D eigenvalue weighted by Gasteiger charge is 2.57. The molecule has 5 saturated heterocycles. The summed E-state index contributed by atoms with van der Waals surface area (Å²) >= 11 is 0. The molecule has 3 unspecified atom stereocenters. The number of rotatable bonds is 12. The van der Waals surface area contributed by atoms with E-state index in [4.69, 9.17) is 42.6 Å². The lowest BCUT2D eigenvalue weighted by Crippen LogP contribution is -2.70. The van der Waals surface area contributed by atoms with Crippen LogP contribution in [-0.2, 0) is 47.4 Å². The average molecular weight is 838 g/mol. The van der Waals surface area contributed by atoms with E-state index in [1.807, 2.05) is 0 Å². The summed E-state index contributed by atoms with van der Waals surface area (Å²) < 4.78 is 51.4. The van der Waals surface area contributed by atoms with Gasteiger partial charge in [0.1, 0.15) is 110 Å². The van der Waals surface area contributed by atoms with Gasteiger partial charge in [-0.2, -0.15) is 0 Å². The Balaban J connectivity index is 1.50. The Morgan fingerprint density at radius 3 is 1.33 bits per heavy atom. The predicted molar refractivity (Wildman–Crippen MR) is 175 cm³/mol. The molecule has 25 nitrogen and oxygen atoms in total. The lowest BCUT2D eigenvalue weighted by atomic mass is 9.94. The zero-order valence-corrected chi connectivity index (χ0v) is 30.9. The van der Waals surface area contributed by atoms with Crippen molar-refractivity contribution in [1.29, 1.82) is 0 Å². The van der Waals surface area contributed by atoms with Gasteiger partial charge in [-0.05, 0) is 13.8 Å². The Morgan fingerprint density at radius 2 is 0.842 bits per heavy atom. The number of carbonyl (C=O) groups is 1. The number of hydrogen-bond donors (Lipinski definition) is 15. The van der Waals surface area contributed by atoms with E-state index >= 15 is 0 Å². The standard InChI is InChI=1S/C32H55NO24/c1-7-14(38)19(43)21(45)29(49-7)55-25-17(41)11(5-35)52-31(23(25)47)56-26-18(42)12(6-36)53-32(27(26)57-30-22(46)20(44)15(39)8(2)50-30)54-24-13(33-9(3)37)28(48)51-10(4-34)16(24)40/h7-8,10-32,34-36,38-48H,4-6H2,1-3H3,(H,33,37)/t7-,8+,10-,11-,12-,13-,14+,15-,16+,17-,18+,19-,20-,21-,22+,23+,24-,25+,26+,27-,28+,29?,30+,31?,32?/m1/s1. The van der Waals surface area contributed by atoms with Crippen molar-refractivity contribution in [3.8, 4) is 0 Å². The Morgan fingerprint density at radius 1 is 0.456 bits per heavy atom. The van der Waals surface area contributed by atoms with E-state index in [0.717, 1.165) is 6.92 Å². The lowest BCUT2D eigenvalue weighted by molar-refractivity contribution is -0.405. The molecule has 0 aliphatic carbocycles. The zero-order chi connectivity index (χ0) is 42.2. The van der Waals surface area contributed by atoms with E-state index in [1.54, 1.807) is 0 Å². The minimum absolute atomic E-state index is 0.736. The molecule has 5 aliphatic rings. The van der Waals surface area contributed by atoms with E-state index in [0.29, 0.717) is 0 Å². The Hall–Kier alpha value is -1.45. The Labute approximate surface area is 324 Å². The molecule has 15 N–H and O–H groups in total. The quantitative estimate of drug-likeness (QED) is 0.0867. The van der Waals surface area contributed by atoms with Crippen molar-refractivity contribution in [2.45, 2.75) is 174 Å². The molecular formula is C32H55NO24. The fourth-order valence-corrected chi connectivity index (χ4v) is 7.28. The minimum Gasteiger partial charge on any atom is -0.394 e. The van der Waals surface area contributed by atoms with E-state index in [-0.39, 0.29) is 0 Å². The van der Waals surface area contributed by atoms with Gasteiger partial charge >= 0.3 is 0 Å². The van der Waals surface area contributed by atoms with Crippen LogP contribution in [0.25, 0.3) is 0 Å². The van der Waals surface area contributed by atoms with Crippen molar-refractivity contribution >= 4 is 5.91 Å². The van der Waals surface area contributed by atoms with Crippen molar-refractivity contribution in [2.24, 2.45) is 0 Å². The summed E-state index contributed by atoms with van der Waals surface area (Å²) in [6.07, 6.45) is -42.8. The summed E-state index contributed by atoms with van der Waals surface area (Å²) in [6.45, 7) is 0.943. The van der Waals surface area contributed by atoms with Crippen LogP contribution in [0.3, 0.4) is 0 Å². The highest BCUT2D eigenvalue weighted by atomic mass is 16.8. The highest BCUT2D eigenvalue weighted by Crippen LogP contribution is 2.37. The fourth-order valence-electron chi connectivity index (χ4n) is 7.28. The first-order valence-corrected chi connectivity index (χ1v) is 18.3. The molecule has 5 fully saturated rings. The molecule has 0 saturated carbocycles. The number of nitrogens with one attached hydrogen (secondary N) is 1. The first-order chi connectivity index (χ1) is 26.8. The van der Waals surface area contributed by atoms with Gasteiger partial charge in [-0.3, -0.25) is 4.79 Å². The molecule has 5 aliphatic heterocycles. The number of amides is 1. The number of carbonyl (C=O) groups excluding carboxylic acids is 1. The molecule has 0 bridgehead atoms. The molecular weight excluding hydrogens is 782 g/mol. The Kier molecular flexibility index (Phi) is 16.0. The van der Waals surface area contributed by atoms with Crippen LogP contribution in [0.15, 0.2) is 0 Å². The maximum absolute atomic E-state index is 12.1. The third kappa shape index (κ3) is 9.71. The minimum atomic E-state index is -2.11. The second-order valence-electron chi connectivity index (χ2n) is 14.7. The summed E-state index contributed by atoms with van der Waals surface area (Å²) in [5.41, 5.74) is 0. The van der Waals surface area contributed by atoms with Crippen LogP contribution in [-0.4, -0.2) is 251 Å². The summed E-state index contributed by atoms with van der Waals surface area (Å²) in [7, 11) is 0. The van der Waals surface area contributed by atoms with Crippen LogP contribution in [0.4, 0.5) is 0 Å². The van der Waals surface area contributed by atoms with Crippen LogP contribution >= 0.6 is 0 Å². The summed E-state index contributed by atoms with van der Waals surface area (Å²) in [6, 6.07) is -1.58. The number of aliphatic hydroxyl groups excluding tert-OH is 14. The normalized spacial score (nSPS) is 52.3. The number of hydrogen-bond acceptors (Lipinski definition) is 24. The molecule has 0 aromatic rings. The van der Waals surface area contributed by atoms with E-state index in [1.165, 1.54) is 13.8 Å². The SMILES string of the molecule is CC(=O)N[C@@H]1[C@@H](OC2O[C@H](CO)[C@H](O)[C@H](OC3O[C@H](CO)[C@@H](O)[C@H](OC4O[C@H](C)[C@H](O)[C@@H](O)[C@H]4O)[C@@H]3O)[C@H]2O[C@@H]2O[C@@H](C)[C@@H](O)[C@@H](O)[C@@H]2O)[C@@H](O)[C@@H](CO)O[C@@H]1O. The Bertz CT molecular complexity index is 1290. The zero-order valence-electron chi connectivity index (χ0n) is 30.9. The topological polar surface area (TPSA) is 395 Å². The summed E-state index contributed by atoms with van der Waals surface area (Å²) in [5.74, 6) is -0.736. The summed E-state index contributed by atoms with van der Waals surface area (Å²) in [5, 5.41) is 151. The second-order valence-corrected chi connectivity index (χ2v) is 14.7. The monoisotopic (exact) mass is 837 g/mol. The predicted octanol–water partition coefficient (Wildman–Crippen LogP) is -9.73. The molecule has 0 radical (unpaired) electrons. The van der Waals surface area contributed by atoms with Crippen LogP contribution < -0.4 is 5.32 Å². The molecule has 0 spiro atoms. The van der Waals surface area contributed by atoms with Crippen molar-refractivity contribution in [1.82, 2.24) is 5.32 Å². The largest absolute Gasteiger partial charge is 0.394 e. The molecule has 0 aromatic heterocycles. The van der Waals surface area contributed by atoms with Gasteiger partial charge in [-0.1, -0.05) is 0 Å². The first kappa shape index (κ1) is 46.6. The van der Waals surface area contributed by atoms with Gasteiger partial charge in [0.15, 0.2) is 31.5 Å². The van der Waals surface area contributed by atoms with Gasteiger partial charge in [-0.25, -0.2) is 0 Å². The second kappa shape index (κ2) is 19.5. The summed E-state index contributed by atoms with van der Waals surface area (Å²) in [4.78, 5) is 12.1. The molecule has 25 heteroatoms. The highest BCUT2D eigenvalue weighted by molar-refractivity contribution is 5.73. The maximum atomic E-state index is 12.1.